The molecule has 2 aromatic carbocycles. The van der Waals surface area contributed by atoms with Crippen molar-refractivity contribution < 1.29 is 8.78 Å². The summed E-state index contributed by atoms with van der Waals surface area (Å²) in [5.74, 6) is -1.10. The molecule has 0 amide bonds. The Labute approximate surface area is 158 Å². The third-order valence-electron chi connectivity index (χ3n) is 4.57. The smallest absolute Gasteiger partial charge is 0.191 e. The number of rotatable bonds is 5. The number of hydrogen-bond donors (Lipinski definition) is 2. The van der Waals surface area contributed by atoms with Crippen LogP contribution in [0.2, 0.25) is 0 Å². The normalized spacial score (nSPS) is 15.1. The molecule has 0 saturated heterocycles. The summed E-state index contributed by atoms with van der Waals surface area (Å²) in [4.78, 5) is 6.51. The number of halogens is 2. The van der Waals surface area contributed by atoms with Gasteiger partial charge in [0.05, 0.1) is 6.04 Å². The van der Waals surface area contributed by atoms with E-state index in [2.05, 4.69) is 50.9 Å². The SMILES string of the molecule is CN=C(NCc1cccc(N2CC=CC2)c1)NC(C)c1ccc(F)c(F)c1. The van der Waals surface area contributed by atoms with Crippen LogP contribution >= 0.6 is 0 Å². The topological polar surface area (TPSA) is 39.7 Å². The van der Waals surface area contributed by atoms with E-state index in [0.29, 0.717) is 18.1 Å². The Morgan fingerprint density at radius 1 is 1.11 bits per heavy atom. The molecule has 27 heavy (non-hydrogen) atoms. The van der Waals surface area contributed by atoms with Crippen LogP contribution in [0.25, 0.3) is 0 Å². The summed E-state index contributed by atoms with van der Waals surface area (Å²) in [5.41, 5.74) is 2.99. The Morgan fingerprint density at radius 3 is 2.59 bits per heavy atom. The number of anilines is 1. The zero-order valence-corrected chi connectivity index (χ0v) is 15.5. The van der Waals surface area contributed by atoms with Gasteiger partial charge in [-0.2, -0.15) is 0 Å². The average Bonchev–Trinajstić information content (AvgIpc) is 3.22. The van der Waals surface area contributed by atoms with Gasteiger partial charge >= 0.3 is 0 Å². The standard InChI is InChI=1S/C21H24F2N4/c1-15(17-8-9-19(22)20(23)13-17)26-21(24-2)25-14-16-6-5-7-18(12-16)27-10-3-4-11-27/h3-9,12-13,15H,10-11,14H2,1-2H3,(H2,24,25,26). The summed E-state index contributed by atoms with van der Waals surface area (Å²) >= 11 is 0. The molecule has 0 bridgehead atoms. The van der Waals surface area contributed by atoms with Crippen LogP contribution in [0.15, 0.2) is 59.6 Å². The Bertz CT molecular complexity index is 840. The zero-order valence-electron chi connectivity index (χ0n) is 15.5. The van der Waals surface area contributed by atoms with E-state index in [1.54, 1.807) is 13.1 Å². The van der Waals surface area contributed by atoms with Gasteiger partial charge in [-0.15, -0.1) is 0 Å². The summed E-state index contributed by atoms with van der Waals surface area (Å²) in [7, 11) is 1.68. The molecule has 1 aliphatic heterocycles. The Kier molecular flexibility index (Phi) is 6.06. The Balaban J connectivity index is 1.59. The second kappa shape index (κ2) is 8.66. The third-order valence-corrected chi connectivity index (χ3v) is 4.57. The van der Waals surface area contributed by atoms with Crippen LogP contribution in [0, 0.1) is 11.6 Å². The number of nitrogens with zero attached hydrogens (tertiary/aromatic N) is 2. The van der Waals surface area contributed by atoms with Gasteiger partial charge in [0.15, 0.2) is 17.6 Å². The maximum absolute atomic E-state index is 13.4. The van der Waals surface area contributed by atoms with Gasteiger partial charge in [-0.1, -0.05) is 30.4 Å². The molecule has 6 heteroatoms. The summed E-state index contributed by atoms with van der Waals surface area (Å²) in [6.45, 7) is 4.36. The first-order valence-electron chi connectivity index (χ1n) is 8.98. The minimum absolute atomic E-state index is 0.215. The lowest BCUT2D eigenvalue weighted by molar-refractivity contribution is 0.504. The molecule has 1 aliphatic rings. The van der Waals surface area contributed by atoms with Gasteiger partial charge in [0, 0.05) is 32.4 Å². The van der Waals surface area contributed by atoms with Crippen LogP contribution < -0.4 is 15.5 Å². The molecule has 0 aromatic heterocycles. The van der Waals surface area contributed by atoms with E-state index in [0.717, 1.165) is 24.7 Å². The summed E-state index contributed by atoms with van der Waals surface area (Å²) < 4.78 is 26.5. The average molecular weight is 370 g/mol. The number of benzene rings is 2. The molecule has 2 aromatic rings. The van der Waals surface area contributed by atoms with E-state index in [1.165, 1.54) is 11.8 Å². The van der Waals surface area contributed by atoms with Crippen LogP contribution in [-0.2, 0) is 6.54 Å². The van der Waals surface area contributed by atoms with E-state index in [1.807, 2.05) is 13.0 Å². The Hall–Kier alpha value is -2.89. The van der Waals surface area contributed by atoms with E-state index in [9.17, 15) is 8.78 Å². The van der Waals surface area contributed by atoms with Crippen LogP contribution in [0.5, 0.6) is 0 Å². The van der Waals surface area contributed by atoms with Crippen molar-refractivity contribution in [3.8, 4) is 0 Å². The number of aliphatic imine (C=N–C) groups is 1. The van der Waals surface area contributed by atoms with E-state index in [-0.39, 0.29) is 6.04 Å². The maximum Gasteiger partial charge on any atom is 0.191 e. The number of nitrogens with one attached hydrogen (secondary N) is 2. The number of hydrogen-bond acceptors (Lipinski definition) is 2. The summed E-state index contributed by atoms with van der Waals surface area (Å²) in [5, 5.41) is 6.47. The predicted octanol–water partition coefficient (Wildman–Crippen LogP) is 3.77. The summed E-state index contributed by atoms with van der Waals surface area (Å²) in [6, 6.07) is 12.1. The van der Waals surface area contributed by atoms with E-state index in [4.69, 9.17) is 0 Å². The van der Waals surface area contributed by atoms with Crippen molar-refractivity contribution in [2.24, 2.45) is 4.99 Å². The van der Waals surface area contributed by atoms with Gasteiger partial charge in [-0.05, 0) is 42.3 Å². The quantitative estimate of drug-likeness (QED) is 0.478. The maximum atomic E-state index is 13.4. The third kappa shape index (κ3) is 4.84. The van der Waals surface area contributed by atoms with Crippen LogP contribution in [0.4, 0.5) is 14.5 Å². The second-order valence-electron chi connectivity index (χ2n) is 6.51. The lowest BCUT2D eigenvalue weighted by atomic mass is 10.1. The number of guanidine groups is 1. The van der Waals surface area contributed by atoms with Gasteiger partial charge in [0.25, 0.3) is 0 Å². The van der Waals surface area contributed by atoms with E-state index >= 15 is 0 Å². The lowest BCUT2D eigenvalue weighted by Gasteiger charge is -2.20. The molecule has 3 rings (SSSR count). The molecule has 0 spiro atoms. The van der Waals surface area contributed by atoms with Gasteiger partial charge in [-0.25, -0.2) is 8.78 Å². The highest BCUT2D eigenvalue weighted by Gasteiger charge is 2.11. The van der Waals surface area contributed by atoms with Gasteiger partial charge in [-0.3, -0.25) is 4.99 Å². The minimum Gasteiger partial charge on any atom is -0.364 e. The largest absolute Gasteiger partial charge is 0.364 e. The fourth-order valence-electron chi connectivity index (χ4n) is 3.00. The van der Waals surface area contributed by atoms with Crippen LogP contribution in [0.3, 0.4) is 0 Å². The molecular formula is C21H24F2N4. The minimum atomic E-state index is -0.850. The first kappa shape index (κ1) is 18.9. The zero-order chi connectivity index (χ0) is 19.2. The van der Waals surface area contributed by atoms with Crippen molar-refractivity contribution >= 4 is 11.6 Å². The second-order valence-corrected chi connectivity index (χ2v) is 6.51. The highest BCUT2D eigenvalue weighted by atomic mass is 19.2. The van der Waals surface area contributed by atoms with Crippen molar-refractivity contribution in [3.05, 3.63) is 77.4 Å². The highest BCUT2D eigenvalue weighted by molar-refractivity contribution is 5.80. The monoisotopic (exact) mass is 370 g/mol. The summed E-state index contributed by atoms with van der Waals surface area (Å²) in [6.07, 6.45) is 4.33. The highest BCUT2D eigenvalue weighted by Crippen LogP contribution is 2.19. The van der Waals surface area contributed by atoms with Crippen molar-refractivity contribution in [2.45, 2.75) is 19.5 Å². The first-order valence-corrected chi connectivity index (χ1v) is 8.98. The van der Waals surface area contributed by atoms with Crippen molar-refractivity contribution in [2.75, 3.05) is 25.0 Å². The lowest BCUT2D eigenvalue weighted by Crippen LogP contribution is -2.38. The predicted molar refractivity (Wildman–Crippen MR) is 106 cm³/mol. The first-order chi connectivity index (χ1) is 13.1. The molecule has 1 heterocycles. The molecule has 4 nitrogen and oxygen atoms in total. The Morgan fingerprint density at radius 2 is 1.89 bits per heavy atom. The van der Waals surface area contributed by atoms with Gasteiger partial charge in [0.1, 0.15) is 0 Å². The molecule has 0 aliphatic carbocycles. The van der Waals surface area contributed by atoms with Crippen molar-refractivity contribution in [3.63, 3.8) is 0 Å². The fourth-order valence-corrected chi connectivity index (χ4v) is 3.00. The molecule has 2 N–H and O–H groups in total. The molecular weight excluding hydrogens is 346 g/mol. The van der Waals surface area contributed by atoms with Gasteiger partial charge < -0.3 is 15.5 Å². The van der Waals surface area contributed by atoms with Crippen molar-refractivity contribution in [1.82, 2.24) is 10.6 Å². The molecule has 0 saturated carbocycles. The molecule has 1 atom stereocenters. The molecule has 0 radical (unpaired) electrons. The van der Waals surface area contributed by atoms with E-state index < -0.39 is 11.6 Å². The van der Waals surface area contributed by atoms with Gasteiger partial charge in [0.2, 0.25) is 0 Å². The molecule has 0 fully saturated rings. The van der Waals surface area contributed by atoms with Crippen LogP contribution in [-0.4, -0.2) is 26.1 Å². The van der Waals surface area contributed by atoms with Crippen molar-refractivity contribution in [1.29, 1.82) is 0 Å². The molecule has 1 unspecified atom stereocenters. The molecule has 142 valence electrons. The fraction of sp³-hybridized carbons (Fsp3) is 0.286. The van der Waals surface area contributed by atoms with Crippen LogP contribution in [0.1, 0.15) is 24.1 Å².